The third kappa shape index (κ3) is 1.73. The normalized spacial score (nSPS) is 48.8. The van der Waals surface area contributed by atoms with Crippen LogP contribution in [0.15, 0.2) is 23.8 Å². The largest absolute Gasteiger partial charge is 0.347 e. The van der Waals surface area contributed by atoms with E-state index in [0.29, 0.717) is 11.8 Å². The minimum Gasteiger partial charge on any atom is -0.347 e. The van der Waals surface area contributed by atoms with E-state index in [-0.39, 0.29) is 22.4 Å². The van der Waals surface area contributed by atoms with E-state index in [9.17, 15) is 4.79 Å². The molecule has 3 heteroatoms. The predicted molar refractivity (Wildman–Crippen MR) is 91.3 cm³/mol. The molecule has 1 saturated heterocycles. The highest BCUT2D eigenvalue weighted by atomic mass is 16.7. The number of hydrogen-bond acceptors (Lipinski definition) is 3. The Morgan fingerprint density at radius 1 is 1.04 bits per heavy atom. The summed E-state index contributed by atoms with van der Waals surface area (Å²) in [6, 6.07) is 0. The standard InChI is InChI=1S/C21H28O3/c1-19-8-5-15(22)13-14(19)3-4-16-17(19)6-9-20(2)18(16)7-10-21(20)23-11-12-24-21/h5,8,13,16-18H,3-4,6-7,9-12H2,1-2H3/t16-,17-,18+,19+,20+/m1/s1. The smallest absolute Gasteiger partial charge is 0.178 e. The van der Waals surface area contributed by atoms with Crippen molar-refractivity contribution in [2.75, 3.05) is 13.2 Å². The van der Waals surface area contributed by atoms with Crippen LogP contribution in [0.2, 0.25) is 0 Å². The number of ether oxygens (including phenoxy) is 2. The van der Waals surface area contributed by atoms with E-state index >= 15 is 0 Å². The lowest BCUT2D eigenvalue weighted by molar-refractivity contribution is -0.241. The van der Waals surface area contributed by atoms with Gasteiger partial charge in [-0.3, -0.25) is 4.79 Å². The minimum absolute atomic E-state index is 0.0886. The van der Waals surface area contributed by atoms with E-state index in [1.807, 2.05) is 6.08 Å². The number of allylic oxidation sites excluding steroid dienone is 4. The van der Waals surface area contributed by atoms with Crippen LogP contribution >= 0.6 is 0 Å². The van der Waals surface area contributed by atoms with Crippen molar-refractivity contribution in [2.24, 2.45) is 28.6 Å². The van der Waals surface area contributed by atoms with E-state index in [2.05, 4.69) is 19.9 Å². The summed E-state index contributed by atoms with van der Waals surface area (Å²) in [5.74, 6) is 1.96. The molecule has 0 amide bonds. The Balaban J connectivity index is 1.51. The van der Waals surface area contributed by atoms with Gasteiger partial charge in [-0.2, -0.15) is 0 Å². The first-order valence-electron chi connectivity index (χ1n) is 9.71. The van der Waals surface area contributed by atoms with Crippen molar-refractivity contribution < 1.29 is 14.3 Å². The molecule has 0 aromatic rings. The summed E-state index contributed by atoms with van der Waals surface area (Å²) in [7, 11) is 0. The summed E-state index contributed by atoms with van der Waals surface area (Å²) in [6.07, 6.45) is 12.9. The highest BCUT2D eigenvalue weighted by Crippen LogP contribution is 2.68. The molecule has 24 heavy (non-hydrogen) atoms. The van der Waals surface area contributed by atoms with Crippen LogP contribution in [0.3, 0.4) is 0 Å². The quantitative estimate of drug-likeness (QED) is 0.673. The number of fused-ring (bicyclic) bond motifs is 6. The number of carbonyl (C=O) groups excluding carboxylic acids is 1. The van der Waals surface area contributed by atoms with E-state index in [0.717, 1.165) is 32.0 Å². The monoisotopic (exact) mass is 328 g/mol. The van der Waals surface area contributed by atoms with Crippen molar-refractivity contribution in [3.05, 3.63) is 23.8 Å². The van der Waals surface area contributed by atoms with E-state index in [1.165, 1.54) is 31.3 Å². The molecule has 5 atom stereocenters. The SMILES string of the molecule is C[C@]12C=CC(=O)C=C1CC[C@@H]1[C@H]2CC[C@@]2(C)[C@H]1CCC21OCCO1. The maximum atomic E-state index is 11.8. The van der Waals surface area contributed by atoms with Gasteiger partial charge in [0, 0.05) is 17.3 Å². The summed E-state index contributed by atoms with van der Waals surface area (Å²) < 4.78 is 12.4. The first-order valence-corrected chi connectivity index (χ1v) is 9.71. The van der Waals surface area contributed by atoms with Crippen molar-refractivity contribution in [2.45, 2.75) is 58.2 Å². The zero-order valence-corrected chi connectivity index (χ0v) is 14.8. The Morgan fingerprint density at radius 3 is 2.58 bits per heavy atom. The van der Waals surface area contributed by atoms with Crippen LogP contribution in [0.1, 0.15) is 52.4 Å². The zero-order chi connectivity index (χ0) is 16.6. The van der Waals surface area contributed by atoms with Gasteiger partial charge < -0.3 is 9.47 Å². The molecule has 0 aromatic carbocycles. The molecule has 0 N–H and O–H groups in total. The van der Waals surface area contributed by atoms with Crippen LogP contribution < -0.4 is 0 Å². The molecule has 0 bridgehead atoms. The van der Waals surface area contributed by atoms with Gasteiger partial charge in [0.1, 0.15) is 0 Å². The minimum atomic E-state index is -0.308. The van der Waals surface area contributed by atoms with Crippen molar-refractivity contribution in [1.82, 2.24) is 0 Å². The fourth-order valence-electron chi connectivity index (χ4n) is 7.08. The Morgan fingerprint density at radius 2 is 1.79 bits per heavy atom. The topological polar surface area (TPSA) is 35.5 Å². The molecule has 3 nitrogen and oxygen atoms in total. The third-order valence-electron chi connectivity index (χ3n) is 8.35. The second kappa shape index (κ2) is 4.82. The van der Waals surface area contributed by atoms with Gasteiger partial charge in [0.05, 0.1) is 13.2 Å². The van der Waals surface area contributed by atoms with Gasteiger partial charge in [-0.25, -0.2) is 0 Å². The predicted octanol–water partition coefficient (Wildman–Crippen LogP) is 4.04. The molecule has 5 rings (SSSR count). The molecule has 0 aromatic heterocycles. The van der Waals surface area contributed by atoms with E-state index in [4.69, 9.17) is 9.47 Å². The molecular weight excluding hydrogens is 300 g/mol. The lowest BCUT2D eigenvalue weighted by Gasteiger charge is -2.57. The fraction of sp³-hybridized carbons (Fsp3) is 0.762. The van der Waals surface area contributed by atoms with Crippen LogP contribution in [0.5, 0.6) is 0 Å². The molecule has 130 valence electrons. The highest BCUT2D eigenvalue weighted by molar-refractivity contribution is 6.01. The van der Waals surface area contributed by atoms with E-state index < -0.39 is 0 Å². The molecule has 1 aliphatic heterocycles. The van der Waals surface area contributed by atoms with Crippen molar-refractivity contribution in [1.29, 1.82) is 0 Å². The van der Waals surface area contributed by atoms with Gasteiger partial charge >= 0.3 is 0 Å². The fourth-order valence-corrected chi connectivity index (χ4v) is 7.08. The Hall–Kier alpha value is -0.930. The van der Waals surface area contributed by atoms with Crippen LogP contribution in [0, 0.1) is 28.6 Å². The molecule has 0 unspecified atom stereocenters. The molecule has 3 saturated carbocycles. The van der Waals surface area contributed by atoms with Gasteiger partial charge in [-0.15, -0.1) is 0 Å². The number of carbonyl (C=O) groups is 1. The second-order valence-electron chi connectivity index (χ2n) is 9.05. The van der Waals surface area contributed by atoms with Gasteiger partial charge in [-0.1, -0.05) is 25.5 Å². The number of rotatable bonds is 0. The van der Waals surface area contributed by atoms with Gasteiger partial charge in [0.25, 0.3) is 0 Å². The Labute approximate surface area is 144 Å². The maximum absolute atomic E-state index is 11.8. The first kappa shape index (κ1) is 15.3. The van der Waals surface area contributed by atoms with Crippen molar-refractivity contribution in [3.63, 3.8) is 0 Å². The third-order valence-corrected chi connectivity index (χ3v) is 8.35. The summed E-state index contributed by atoms with van der Waals surface area (Å²) in [5, 5.41) is 0. The number of hydrogen-bond donors (Lipinski definition) is 0. The average molecular weight is 328 g/mol. The van der Waals surface area contributed by atoms with Crippen LogP contribution in [-0.2, 0) is 14.3 Å². The molecule has 4 aliphatic carbocycles. The maximum Gasteiger partial charge on any atom is 0.178 e. The molecular formula is C21H28O3. The zero-order valence-electron chi connectivity index (χ0n) is 14.8. The summed E-state index contributed by atoms with van der Waals surface area (Å²) in [4.78, 5) is 11.8. The molecule has 1 spiro atoms. The summed E-state index contributed by atoms with van der Waals surface area (Å²) >= 11 is 0. The van der Waals surface area contributed by atoms with Crippen LogP contribution in [-0.4, -0.2) is 24.8 Å². The second-order valence-corrected chi connectivity index (χ2v) is 9.05. The molecule has 5 aliphatic rings. The number of ketones is 1. The van der Waals surface area contributed by atoms with Crippen molar-refractivity contribution >= 4 is 5.78 Å². The summed E-state index contributed by atoms with van der Waals surface area (Å²) in [6.45, 7) is 6.31. The average Bonchev–Trinajstić information content (AvgIpc) is 3.15. The molecule has 0 radical (unpaired) electrons. The van der Waals surface area contributed by atoms with Crippen LogP contribution in [0.4, 0.5) is 0 Å². The first-order chi connectivity index (χ1) is 11.5. The Bertz CT molecular complexity index is 641. The summed E-state index contributed by atoms with van der Waals surface area (Å²) in [5.41, 5.74) is 1.63. The highest BCUT2D eigenvalue weighted by Gasteiger charge is 2.66. The molecule has 1 heterocycles. The van der Waals surface area contributed by atoms with Gasteiger partial charge in [0.2, 0.25) is 0 Å². The Kier molecular flexibility index (Phi) is 3.08. The lowest BCUT2D eigenvalue weighted by atomic mass is 9.48. The van der Waals surface area contributed by atoms with Gasteiger partial charge in [0.15, 0.2) is 11.6 Å². The van der Waals surface area contributed by atoms with Crippen LogP contribution in [0.25, 0.3) is 0 Å². The lowest BCUT2D eigenvalue weighted by Crippen LogP contribution is -2.54. The van der Waals surface area contributed by atoms with Crippen molar-refractivity contribution in [3.8, 4) is 0 Å². The molecule has 4 fully saturated rings. The van der Waals surface area contributed by atoms with Gasteiger partial charge in [-0.05, 0) is 62.0 Å². The van der Waals surface area contributed by atoms with E-state index in [1.54, 1.807) is 6.08 Å².